The molecule has 0 heterocycles. The highest BCUT2D eigenvalue weighted by atomic mass is 79.9. The smallest absolute Gasteiger partial charge is 0.243 e. The molecule has 0 saturated carbocycles. The van der Waals surface area contributed by atoms with Gasteiger partial charge in [-0.15, -0.1) is 0 Å². The summed E-state index contributed by atoms with van der Waals surface area (Å²) in [6, 6.07) is 19.0. The fraction of sp³-hybridized carbons (Fsp3) is 0.280. The van der Waals surface area contributed by atoms with Crippen molar-refractivity contribution in [3.8, 4) is 0 Å². The molecule has 1 atom stereocenters. The third-order valence-electron chi connectivity index (χ3n) is 5.55. The molecule has 0 unspecified atom stereocenters. The van der Waals surface area contributed by atoms with Crippen LogP contribution in [0.15, 0.2) is 76.1 Å². The predicted molar refractivity (Wildman–Crippen MR) is 137 cm³/mol. The number of rotatable bonds is 9. The molecule has 0 spiro atoms. The average Bonchev–Trinajstić information content (AvgIpc) is 2.81. The SMILES string of the molecule is CCNC(=O)[C@@H](C)N(Cc1cccc(Br)c1)C(=O)CN(C)S(=O)(=O)c1ccc2ccccc2c1. The van der Waals surface area contributed by atoms with E-state index in [0.717, 1.165) is 25.1 Å². The third kappa shape index (κ3) is 6.02. The van der Waals surface area contributed by atoms with Crippen LogP contribution in [0.25, 0.3) is 10.8 Å². The lowest BCUT2D eigenvalue weighted by atomic mass is 10.1. The summed E-state index contributed by atoms with van der Waals surface area (Å²) < 4.78 is 28.3. The van der Waals surface area contributed by atoms with Gasteiger partial charge in [0.2, 0.25) is 21.8 Å². The van der Waals surface area contributed by atoms with Crippen molar-refractivity contribution >= 4 is 48.5 Å². The van der Waals surface area contributed by atoms with E-state index in [1.165, 1.54) is 18.0 Å². The zero-order valence-corrected chi connectivity index (χ0v) is 21.8. The normalized spacial score (nSPS) is 12.5. The van der Waals surface area contributed by atoms with Crippen LogP contribution in [0.2, 0.25) is 0 Å². The van der Waals surface area contributed by atoms with Crippen molar-refractivity contribution in [3.63, 3.8) is 0 Å². The lowest BCUT2D eigenvalue weighted by Gasteiger charge is -2.30. The molecule has 0 saturated heterocycles. The van der Waals surface area contributed by atoms with Gasteiger partial charge in [0.05, 0.1) is 11.4 Å². The molecule has 0 aliphatic rings. The molecule has 34 heavy (non-hydrogen) atoms. The largest absolute Gasteiger partial charge is 0.355 e. The van der Waals surface area contributed by atoms with Crippen molar-refractivity contribution in [2.75, 3.05) is 20.1 Å². The van der Waals surface area contributed by atoms with Crippen LogP contribution in [0.3, 0.4) is 0 Å². The summed E-state index contributed by atoms with van der Waals surface area (Å²) in [4.78, 5) is 27.4. The topological polar surface area (TPSA) is 86.8 Å². The number of halogens is 1. The van der Waals surface area contributed by atoms with Gasteiger partial charge in [-0.2, -0.15) is 4.31 Å². The van der Waals surface area contributed by atoms with E-state index in [9.17, 15) is 18.0 Å². The molecule has 3 aromatic carbocycles. The van der Waals surface area contributed by atoms with Crippen LogP contribution in [0.5, 0.6) is 0 Å². The molecule has 3 aromatic rings. The second kappa shape index (κ2) is 11.1. The van der Waals surface area contributed by atoms with Gasteiger partial charge in [0.25, 0.3) is 0 Å². The van der Waals surface area contributed by atoms with E-state index in [1.807, 2.05) is 48.5 Å². The maximum atomic E-state index is 13.3. The minimum atomic E-state index is -3.92. The number of carbonyl (C=O) groups excluding carboxylic acids is 2. The van der Waals surface area contributed by atoms with E-state index in [-0.39, 0.29) is 17.3 Å². The molecule has 3 rings (SSSR count). The Balaban J connectivity index is 1.85. The average molecular weight is 546 g/mol. The van der Waals surface area contributed by atoms with Crippen LogP contribution in [0.4, 0.5) is 0 Å². The fourth-order valence-electron chi connectivity index (χ4n) is 3.61. The monoisotopic (exact) mass is 545 g/mol. The minimum Gasteiger partial charge on any atom is -0.355 e. The molecule has 0 aromatic heterocycles. The van der Waals surface area contributed by atoms with Gasteiger partial charge in [-0.3, -0.25) is 9.59 Å². The molecule has 1 N–H and O–H groups in total. The molecule has 7 nitrogen and oxygen atoms in total. The molecule has 2 amide bonds. The Labute approximate surface area is 208 Å². The van der Waals surface area contributed by atoms with Crippen molar-refractivity contribution in [1.29, 1.82) is 0 Å². The lowest BCUT2D eigenvalue weighted by molar-refractivity contribution is -0.140. The van der Waals surface area contributed by atoms with Gasteiger partial charge < -0.3 is 10.2 Å². The summed E-state index contributed by atoms with van der Waals surface area (Å²) in [6.45, 7) is 3.64. The number of nitrogens with zero attached hydrogens (tertiary/aromatic N) is 2. The van der Waals surface area contributed by atoms with Crippen molar-refractivity contribution < 1.29 is 18.0 Å². The number of carbonyl (C=O) groups is 2. The number of hydrogen-bond donors (Lipinski definition) is 1. The van der Waals surface area contributed by atoms with Crippen molar-refractivity contribution in [3.05, 3.63) is 76.8 Å². The number of sulfonamides is 1. The second-order valence-corrected chi connectivity index (χ2v) is 11.0. The third-order valence-corrected chi connectivity index (χ3v) is 7.84. The van der Waals surface area contributed by atoms with Crippen molar-refractivity contribution in [2.24, 2.45) is 0 Å². The van der Waals surface area contributed by atoms with E-state index in [2.05, 4.69) is 21.2 Å². The summed E-state index contributed by atoms with van der Waals surface area (Å²) >= 11 is 3.42. The highest BCUT2D eigenvalue weighted by Gasteiger charge is 2.30. The van der Waals surface area contributed by atoms with E-state index in [4.69, 9.17) is 0 Å². The summed E-state index contributed by atoms with van der Waals surface area (Å²) in [5, 5.41) is 4.45. The summed E-state index contributed by atoms with van der Waals surface area (Å²) in [7, 11) is -2.55. The summed E-state index contributed by atoms with van der Waals surface area (Å²) in [6.07, 6.45) is 0. The first kappa shape index (κ1) is 25.9. The summed E-state index contributed by atoms with van der Waals surface area (Å²) in [5.41, 5.74) is 0.818. The van der Waals surface area contributed by atoms with Crippen LogP contribution < -0.4 is 5.32 Å². The molecular weight excluding hydrogens is 518 g/mol. The predicted octanol–water partition coefficient (Wildman–Crippen LogP) is 3.78. The zero-order chi connectivity index (χ0) is 24.9. The van der Waals surface area contributed by atoms with Gasteiger partial charge in [-0.1, -0.05) is 58.4 Å². The van der Waals surface area contributed by atoms with E-state index < -0.39 is 28.5 Å². The Morgan fingerprint density at radius 3 is 2.38 bits per heavy atom. The summed E-state index contributed by atoms with van der Waals surface area (Å²) in [5.74, 6) is -0.767. The van der Waals surface area contributed by atoms with E-state index in [0.29, 0.717) is 6.54 Å². The highest BCUT2D eigenvalue weighted by molar-refractivity contribution is 9.10. The van der Waals surface area contributed by atoms with Crippen LogP contribution >= 0.6 is 15.9 Å². The Kier molecular flexibility index (Phi) is 8.46. The molecule has 0 aliphatic carbocycles. The van der Waals surface area contributed by atoms with Crippen LogP contribution in [0.1, 0.15) is 19.4 Å². The van der Waals surface area contributed by atoms with Gasteiger partial charge in [-0.25, -0.2) is 8.42 Å². The molecule has 0 aliphatic heterocycles. The molecular formula is C25H28BrN3O4S. The quantitative estimate of drug-likeness (QED) is 0.443. The van der Waals surface area contributed by atoms with Gasteiger partial charge in [0, 0.05) is 24.6 Å². The first-order valence-electron chi connectivity index (χ1n) is 10.9. The van der Waals surface area contributed by atoms with Crippen molar-refractivity contribution in [2.45, 2.75) is 31.3 Å². The number of likely N-dealkylation sites (N-methyl/N-ethyl adjacent to an activating group) is 2. The van der Waals surface area contributed by atoms with Gasteiger partial charge in [0.1, 0.15) is 6.04 Å². The molecule has 0 bridgehead atoms. The number of nitrogens with one attached hydrogen (secondary N) is 1. The van der Waals surface area contributed by atoms with Gasteiger partial charge in [0.15, 0.2) is 0 Å². The Hall–Kier alpha value is -2.75. The van der Waals surface area contributed by atoms with Crippen molar-refractivity contribution in [1.82, 2.24) is 14.5 Å². The molecule has 9 heteroatoms. The lowest BCUT2D eigenvalue weighted by Crippen LogP contribution is -2.50. The molecule has 180 valence electrons. The van der Waals surface area contributed by atoms with Gasteiger partial charge in [-0.05, 0) is 54.4 Å². The maximum Gasteiger partial charge on any atom is 0.243 e. The minimum absolute atomic E-state index is 0.108. The van der Waals surface area contributed by atoms with Gasteiger partial charge >= 0.3 is 0 Å². The van der Waals surface area contributed by atoms with E-state index in [1.54, 1.807) is 26.0 Å². The number of fused-ring (bicyclic) bond motifs is 1. The highest BCUT2D eigenvalue weighted by Crippen LogP contribution is 2.22. The van der Waals surface area contributed by atoms with E-state index >= 15 is 0 Å². The number of hydrogen-bond acceptors (Lipinski definition) is 4. The van der Waals surface area contributed by atoms with Crippen LogP contribution in [0, 0.1) is 0 Å². The Morgan fingerprint density at radius 1 is 1.00 bits per heavy atom. The molecule has 0 radical (unpaired) electrons. The van der Waals surface area contributed by atoms with Crippen LogP contribution in [-0.4, -0.2) is 55.6 Å². The zero-order valence-electron chi connectivity index (χ0n) is 19.4. The Morgan fingerprint density at radius 2 is 1.71 bits per heavy atom. The standard InChI is InChI=1S/C25H28BrN3O4S/c1-4-27-25(31)18(2)29(16-19-8-7-11-22(26)14-19)24(30)17-28(3)34(32,33)23-13-12-20-9-5-6-10-21(20)15-23/h5-15,18H,4,16-17H2,1-3H3,(H,27,31)/t18-/m1/s1. The first-order chi connectivity index (χ1) is 16.1. The number of benzene rings is 3. The maximum absolute atomic E-state index is 13.3. The molecule has 0 fully saturated rings. The first-order valence-corrected chi connectivity index (χ1v) is 13.1. The van der Waals surface area contributed by atoms with Crippen LogP contribution in [-0.2, 0) is 26.2 Å². The second-order valence-electron chi connectivity index (χ2n) is 7.99. The fourth-order valence-corrected chi connectivity index (χ4v) is 5.21. The number of amides is 2. The Bertz CT molecular complexity index is 1300.